The van der Waals surface area contributed by atoms with Gasteiger partial charge in [0.2, 0.25) is 0 Å². The summed E-state index contributed by atoms with van der Waals surface area (Å²) in [5.74, 6) is -1.62. The zero-order valence-corrected chi connectivity index (χ0v) is 15.3. The van der Waals surface area contributed by atoms with E-state index in [2.05, 4.69) is 31.1 Å². The van der Waals surface area contributed by atoms with Crippen LogP contribution in [0.1, 0.15) is 26.4 Å². The molecule has 3 N–H and O–H groups in total. The van der Waals surface area contributed by atoms with Crippen LogP contribution in [-0.4, -0.2) is 38.7 Å². The lowest BCUT2D eigenvalue weighted by Crippen LogP contribution is -2.53. The lowest BCUT2D eigenvalue weighted by Gasteiger charge is -2.18. The highest BCUT2D eigenvalue weighted by atomic mass is 16.2. The molecule has 3 aromatic rings. The van der Waals surface area contributed by atoms with Gasteiger partial charge in [-0.3, -0.25) is 35.2 Å². The molecule has 2 aromatic heterocycles. The Morgan fingerprint density at radius 2 is 1.59 bits per heavy atom. The fourth-order valence-corrected chi connectivity index (χ4v) is 2.49. The minimum Gasteiger partial charge on any atom is -0.338 e. The van der Waals surface area contributed by atoms with Gasteiger partial charge < -0.3 is 5.32 Å². The first kappa shape index (κ1) is 19.6. The second-order valence-electron chi connectivity index (χ2n) is 5.99. The first-order valence-electron chi connectivity index (χ1n) is 8.74. The molecular weight excluding hydrogens is 372 g/mol. The molecule has 9 nitrogen and oxygen atoms in total. The van der Waals surface area contributed by atoms with Crippen LogP contribution in [-0.2, 0) is 11.2 Å². The molecule has 146 valence electrons. The molecule has 0 aliphatic carbocycles. The molecule has 0 aliphatic heterocycles. The van der Waals surface area contributed by atoms with Crippen molar-refractivity contribution in [1.82, 2.24) is 31.1 Å². The van der Waals surface area contributed by atoms with E-state index in [9.17, 15) is 14.4 Å². The average molecular weight is 390 g/mol. The molecule has 2 heterocycles. The Morgan fingerprint density at radius 1 is 0.828 bits per heavy atom. The smallest absolute Gasteiger partial charge is 0.272 e. The summed E-state index contributed by atoms with van der Waals surface area (Å²) in [6, 6.07) is 11.3. The number of hydrogen-bond donors (Lipinski definition) is 3. The number of pyridine rings is 1. The summed E-state index contributed by atoms with van der Waals surface area (Å²) in [4.78, 5) is 48.8. The van der Waals surface area contributed by atoms with Crippen LogP contribution in [0.3, 0.4) is 0 Å². The maximum absolute atomic E-state index is 12.7. The fourth-order valence-electron chi connectivity index (χ4n) is 2.49. The predicted octanol–water partition coefficient (Wildman–Crippen LogP) is 0.674. The van der Waals surface area contributed by atoms with E-state index >= 15 is 0 Å². The van der Waals surface area contributed by atoms with Crippen molar-refractivity contribution in [3.63, 3.8) is 0 Å². The maximum Gasteiger partial charge on any atom is 0.272 e. The quantitative estimate of drug-likeness (QED) is 0.531. The molecule has 0 spiro atoms. The lowest BCUT2D eigenvalue weighted by atomic mass is 10.1. The number of carbonyl (C=O) groups excluding carboxylic acids is 3. The summed E-state index contributed by atoms with van der Waals surface area (Å²) in [7, 11) is 0. The number of benzene rings is 1. The third kappa shape index (κ3) is 5.67. The SMILES string of the molecule is O=C(NNC(=O)C(Cc1ccccc1)NC(=O)c1cnccn1)c1ccncc1. The van der Waals surface area contributed by atoms with Gasteiger partial charge in [-0.2, -0.15) is 0 Å². The van der Waals surface area contributed by atoms with Gasteiger partial charge >= 0.3 is 0 Å². The molecule has 9 heteroatoms. The van der Waals surface area contributed by atoms with Gasteiger partial charge in [-0.05, 0) is 17.7 Å². The zero-order chi connectivity index (χ0) is 20.5. The van der Waals surface area contributed by atoms with Crippen molar-refractivity contribution < 1.29 is 14.4 Å². The van der Waals surface area contributed by atoms with Crippen molar-refractivity contribution in [2.24, 2.45) is 0 Å². The van der Waals surface area contributed by atoms with Gasteiger partial charge in [-0.25, -0.2) is 4.98 Å². The third-order valence-electron chi connectivity index (χ3n) is 3.94. The van der Waals surface area contributed by atoms with Gasteiger partial charge in [0.15, 0.2) is 0 Å². The molecule has 0 aliphatic rings. The summed E-state index contributed by atoms with van der Waals surface area (Å²) in [6.45, 7) is 0. The normalized spacial score (nSPS) is 11.2. The second-order valence-corrected chi connectivity index (χ2v) is 5.99. The van der Waals surface area contributed by atoms with E-state index in [-0.39, 0.29) is 12.1 Å². The van der Waals surface area contributed by atoms with Gasteiger partial charge in [0.05, 0.1) is 6.20 Å². The second kappa shape index (κ2) is 9.70. The first-order valence-corrected chi connectivity index (χ1v) is 8.74. The number of rotatable bonds is 6. The maximum atomic E-state index is 12.7. The molecule has 1 aromatic carbocycles. The monoisotopic (exact) mass is 390 g/mol. The number of hydrogen-bond acceptors (Lipinski definition) is 6. The van der Waals surface area contributed by atoms with Crippen LogP contribution in [0.2, 0.25) is 0 Å². The number of nitrogens with one attached hydrogen (secondary N) is 3. The number of hydrazine groups is 1. The van der Waals surface area contributed by atoms with E-state index < -0.39 is 23.8 Å². The predicted molar refractivity (Wildman–Crippen MR) is 103 cm³/mol. The van der Waals surface area contributed by atoms with Crippen LogP contribution >= 0.6 is 0 Å². The number of carbonyl (C=O) groups is 3. The van der Waals surface area contributed by atoms with Gasteiger partial charge in [-0.15, -0.1) is 0 Å². The topological polar surface area (TPSA) is 126 Å². The molecule has 3 amide bonds. The molecule has 0 saturated heterocycles. The molecule has 0 bridgehead atoms. The van der Waals surface area contributed by atoms with Crippen molar-refractivity contribution in [2.45, 2.75) is 12.5 Å². The molecule has 0 fully saturated rings. The van der Waals surface area contributed by atoms with E-state index in [4.69, 9.17) is 0 Å². The number of aromatic nitrogens is 3. The van der Waals surface area contributed by atoms with Gasteiger partial charge in [0.1, 0.15) is 11.7 Å². The van der Waals surface area contributed by atoms with Gasteiger partial charge in [0, 0.05) is 36.8 Å². The number of nitrogens with zero attached hydrogens (tertiary/aromatic N) is 3. The van der Waals surface area contributed by atoms with E-state index in [1.807, 2.05) is 30.3 Å². The summed E-state index contributed by atoms with van der Waals surface area (Å²) < 4.78 is 0. The number of amides is 3. The van der Waals surface area contributed by atoms with Crippen molar-refractivity contribution in [3.05, 3.63) is 90.3 Å². The van der Waals surface area contributed by atoms with Gasteiger partial charge in [-0.1, -0.05) is 30.3 Å². The van der Waals surface area contributed by atoms with Crippen LogP contribution in [0.5, 0.6) is 0 Å². The van der Waals surface area contributed by atoms with Gasteiger partial charge in [0.25, 0.3) is 17.7 Å². The summed E-state index contributed by atoms with van der Waals surface area (Å²) in [5.41, 5.74) is 5.94. The van der Waals surface area contributed by atoms with Crippen LogP contribution < -0.4 is 16.2 Å². The van der Waals surface area contributed by atoms with Crippen molar-refractivity contribution >= 4 is 17.7 Å². The van der Waals surface area contributed by atoms with Crippen molar-refractivity contribution in [2.75, 3.05) is 0 Å². The Labute approximate surface area is 166 Å². The van der Waals surface area contributed by atoms with E-state index in [0.717, 1.165) is 5.56 Å². The van der Waals surface area contributed by atoms with Crippen LogP contribution in [0.25, 0.3) is 0 Å². The van der Waals surface area contributed by atoms with E-state index in [0.29, 0.717) is 5.56 Å². The molecular formula is C20H18N6O3. The Bertz CT molecular complexity index is 967. The highest BCUT2D eigenvalue weighted by Crippen LogP contribution is 2.05. The first-order chi connectivity index (χ1) is 14.1. The standard InChI is InChI=1S/C20H18N6O3/c27-18(15-6-8-21-9-7-15)25-26-20(29)16(12-14-4-2-1-3-5-14)24-19(28)17-13-22-10-11-23-17/h1-11,13,16H,12H2,(H,24,28)(H,25,27)(H,26,29). The average Bonchev–Trinajstić information content (AvgIpc) is 2.78. The molecule has 29 heavy (non-hydrogen) atoms. The zero-order valence-electron chi connectivity index (χ0n) is 15.3. The van der Waals surface area contributed by atoms with E-state index in [1.165, 1.54) is 43.1 Å². The Balaban J connectivity index is 1.68. The Morgan fingerprint density at radius 3 is 2.28 bits per heavy atom. The fraction of sp³-hybridized carbons (Fsp3) is 0.100. The van der Waals surface area contributed by atoms with Crippen molar-refractivity contribution in [1.29, 1.82) is 0 Å². The minimum atomic E-state index is -0.940. The highest BCUT2D eigenvalue weighted by Gasteiger charge is 2.23. The lowest BCUT2D eigenvalue weighted by molar-refractivity contribution is -0.123. The molecule has 1 atom stereocenters. The Hall–Kier alpha value is -4.14. The molecule has 3 rings (SSSR count). The van der Waals surface area contributed by atoms with Crippen LogP contribution in [0, 0.1) is 0 Å². The summed E-state index contributed by atoms with van der Waals surface area (Å²) in [5, 5.41) is 2.63. The largest absolute Gasteiger partial charge is 0.338 e. The van der Waals surface area contributed by atoms with Crippen LogP contribution in [0.15, 0.2) is 73.4 Å². The summed E-state index contributed by atoms with van der Waals surface area (Å²) in [6.07, 6.45) is 7.30. The van der Waals surface area contributed by atoms with Crippen molar-refractivity contribution in [3.8, 4) is 0 Å². The minimum absolute atomic E-state index is 0.0826. The Kier molecular flexibility index (Phi) is 6.56. The highest BCUT2D eigenvalue weighted by molar-refractivity contribution is 5.98. The third-order valence-corrected chi connectivity index (χ3v) is 3.94. The van der Waals surface area contributed by atoms with Crippen LogP contribution in [0.4, 0.5) is 0 Å². The molecule has 0 radical (unpaired) electrons. The summed E-state index contributed by atoms with van der Waals surface area (Å²) >= 11 is 0. The van der Waals surface area contributed by atoms with E-state index in [1.54, 1.807) is 0 Å². The molecule has 0 saturated carbocycles. The molecule has 1 unspecified atom stereocenters.